The maximum absolute atomic E-state index is 12.6. The van der Waals surface area contributed by atoms with Gasteiger partial charge in [0.25, 0.3) is 0 Å². The summed E-state index contributed by atoms with van der Waals surface area (Å²) < 4.78 is 21.8. The van der Waals surface area contributed by atoms with Crippen LogP contribution in [0.4, 0.5) is 0 Å². The molecule has 0 saturated heterocycles. The Balaban J connectivity index is 1.75. The molecule has 0 aliphatic carbocycles. The first-order chi connectivity index (χ1) is 13.5. The maximum atomic E-state index is 12.6. The van der Waals surface area contributed by atoms with Gasteiger partial charge >= 0.3 is 5.97 Å². The zero-order valence-electron chi connectivity index (χ0n) is 16.1. The third kappa shape index (κ3) is 4.52. The quantitative estimate of drug-likeness (QED) is 0.532. The van der Waals surface area contributed by atoms with Crippen molar-refractivity contribution < 1.29 is 28.5 Å². The fourth-order valence-corrected chi connectivity index (χ4v) is 2.72. The van der Waals surface area contributed by atoms with E-state index in [1.807, 2.05) is 31.2 Å². The van der Waals surface area contributed by atoms with Crippen molar-refractivity contribution in [3.63, 3.8) is 0 Å². The van der Waals surface area contributed by atoms with Crippen molar-refractivity contribution in [1.29, 1.82) is 0 Å². The van der Waals surface area contributed by atoms with Crippen molar-refractivity contribution in [2.45, 2.75) is 26.9 Å². The molecular weight excluding hydrogens is 360 g/mol. The number of carbonyl (C=O) groups excluding carboxylic acids is 2. The van der Waals surface area contributed by atoms with Crippen molar-refractivity contribution in [1.82, 2.24) is 0 Å². The van der Waals surface area contributed by atoms with Crippen LogP contribution in [0.1, 0.15) is 36.7 Å². The number of carbonyl (C=O) groups is 2. The summed E-state index contributed by atoms with van der Waals surface area (Å²) >= 11 is 0. The zero-order valence-corrected chi connectivity index (χ0v) is 16.1. The Hall–Kier alpha value is -3.28. The summed E-state index contributed by atoms with van der Waals surface area (Å²) in [6.45, 7) is 5.74. The third-order valence-corrected chi connectivity index (χ3v) is 3.87. The topological polar surface area (TPSA) is 71.1 Å². The van der Waals surface area contributed by atoms with E-state index in [1.165, 1.54) is 0 Å². The minimum Gasteiger partial charge on any atom is -0.493 e. The molecule has 0 saturated carbocycles. The predicted molar refractivity (Wildman–Crippen MR) is 104 cm³/mol. The van der Waals surface area contributed by atoms with Crippen molar-refractivity contribution >= 4 is 17.8 Å². The minimum atomic E-state index is -0.458. The van der Waals surface area contributed by atoms with E-state index in [0.717, 1.165) is 5.56 Å². The van der Waals surface area contributed by atoms with Crippen molar-refractivity contribution in [3.8, 4) is 17.2 Å². The van der Waals surface area contributed by atoms with Crippen LogP contribution in [0, 0.1) is 0 Å². The highest BCUT2D eigenvalue weighted by atomic mass is 16.6. The molecule has 0 radical (unpaired) electrons. The second kappa shape index (κ2) is 8.61. The lowest BCUT2D eigenvalue weighted by Gasteiger charge is -2.09. The van der Waals surface area contributed by atoms with E-state index < -0.39 is 5.97 Å². The molecule has 2 aromatic carbocycles. The van der Waals surface area contributed by atoms with Crippen LogP contribution in [-0.2, 0) is 9.53 Å². The van der Waals surface area contributed by atoms with Gasteiger partial charge in [-0.3, -0.25) is 4.79 Å². The summed E-state index contributed by atoms with van der Waals surface area (Å²) in [6.07, 6.45) is 1.46. The highest BCUT2D eigenvalue weighted by Gasteiger charge is 2.28. The second-order valence-electron chi connectivity index (χ2n) is 6.40. The lowest BCUT2D eigenvalue weighted by atomic mass is 10.1. The van der Waals surface area contributed by atoms with Gasteiger partial charge < -0.3 is 18.9 Å². The molecule has 0 N–H and O–H groups in total. The average Bonchev–Trinajstić information content (AvgIpc) is 2.96. The van der Waals surface area contributed by atoms with Gasteiger partial charge in [0, 0.05) is 11.6 Å². The Kier molecular flexibility index (Phi) is 5.99. The number of para-hydroxylation sites is 1. The molecule has 146 valence electrons. The Morgan fingerprint density at radius 1 is 1.14 bits per heavy atom. The molecule has 0 spiro atoms. The molecule has 0 bridgehead atoms. The van der Waals surface area contributed by atoms with Gasteiger partial charge in [-0.15, -0.1) is 0 Å². The summed E-state index contributed by atoms with van der Waals surface area (Å²) in [5, 5.41) is 0. The molecule has 0 fully saturated rings. The fourth-order valence-electron chi connectivity index (χ4n) is 2.72. The van der Waals surface area contributed by atoms with Crippen LogP contribution in [0.25, 0.3) is 6.08 Å². The monoisotopic (exact) mass is 382 g/mol. The van der Waals surface area contributed by atoms with E-state index >= 15 is 0 Å². The number of esters is 1. The van der Waals surface area contributed by atoms with E-state index in [2.05, 4.69) is 0 Å². The van der Waals surface area contributed by atoms with Crippen LogP contribution < -0.4 is 14.2 Å². The zero-order chi connectivity index (χ0) is 20.1. The van der Waals surface area contributed by atoms with E-state index in [0.29, 0.717) is 29.4 Å². The Bertz CT molecular complexity index is 913. The standard InChI is InChI=1S/C22H22O6/c1-4-25-18-8-6-5-7-15(18)11-20-22(24)17-10-9-16(12-19(17)28-20)26-13-21(23)27-14(2)3/h5-12,14H,4,13H2,1-3H3/b20-11-. The highest BCUT2D eigenvalue weighted by Crippen LogP contribution is 2.35. The van der Waals surface area contributed by atoms with Gasteiger partial charge in [-0.25, -0.2) is 4.79 Å². The molecule has 1 heterocycles. The highest BCUT2D eigenvalue weighted by molar-refractivity contribution is 6.14. The average molecular weight is 382 g/mol. The van der Waals surface area contributed by atoms with Crippen molar-refractivity contribution in [2.24, 2.45) is 0 Å². The molecule has 1 aliphatic heterocycles. The number of rotatable bonds is 7. The maximum Gasteiger partial charge on any atom is 0.344 e. The number of Topliss-reactive ketones (excluding diaryl/α,β-unsaturated/α-hetero) is 1. The van der Waals surface area contributed by atoms with E-state index in [4.69, 9.17) is 18.9 Å². The van der Waals surface area contributed by atoms with Crippen LogP contribution in [0.5, 0.6) is 17.2 Å². The molecule has 3 rings (SSSR count). The Morgan fingerprint density at radius 2 is 1.93 bits per heavy atom. The van der Waals surface area contributed by atoms with Gasteiger partial charge in [0.1, 0.15) is 17.2 Å². The fraction of sp³-hybridized carbons (Fsp3) is 0.273. The van der Waals surface area contributed by atoms with E-state index in [-0.39, 0.29) is 24.3 Å². The summed E-state index contributed by atoms with van der Waals surface area (Å²) in [6, 6.07) is 12.3. The first-order valence-corrected chi connectivity index (χ1v) is 9.10. The number of fused-ring (bicyclic) bond motifs is 1. The van der Waals surface area contributed by atoms with Crippen LogP contribution in [0.2, 0.25) is 0 Å². The second-order valence-corrected chi connectivity index (χ2v) is 6.40. The number of allylic oxidation sites excluding steroid dienone is 1. The van der Waals surface area contributed by atoms with E-state index in [9.17, 15) is 9.59 Å². The largest absolute Gasteiger partial charge is 0.493 e. The molecule has 0 aromatic heterocycles. The first kappa shape index (κ1) is 19.5. The Labute approximate surface area is 163 Å². The number of hydrogen-bond acceptors (Lipinski definition) is 6. The molecule has 2 aromatic rings. The molecular formula is C22H22O6. The lowest BCUT2D eigenvalue weighted by molar-refractivity contribution is -0.149. The van der Waals surface area contributed by atoms with Crippen molar-refractivity contribution in [2.75, 3.05) is 13.2 Å². The summed E-state index contributed by atoms with van der Waals surface area (Å²) in [5.41, 5.74) is 1.20. The number of hydrogen-bond donors (Lipinski definition) is 0. The lowest BCUT2D eigenvalue weighted by Crippen LogP contribution is -2.18. The predicted octanol–water partition coefficient (Wildman–Crippen LogP) is 4.03. The van der Waals surface area contributed by atoms with Gasteiger partial charge in [0.15, 0.2) is 12.4 Å². The van der Waals surface area contributed by atoms with Crippen LogP contribution in [0.3, 0.4) is 0 Å². The molecule has 6 heteroatoms. The van der Waals surface area contributed by atoms with Gasteiger partial charge in [-0.1, -0.05) is 18.2 Å². The smallest absolute Gasteiger partial charge is 0.344 e. The molecule has 0 atom stereocenters. The SMILES string of the molecule is CCOc1ccccc1/C=C1\Oc2cc(OCC(=O)OC(C)C)ccc2C1=O. The molecule has 1 aliphatic rings. The summed E-state index contributed by atoms with van der Waals surface area (Å²) in [4.78, 5) is 24.2. The number of ether oxygens (including phenoxy) is 4. The molecule has 28 heavy (non-hydrogen) atoms. The molecule has 0 amide bonds. The normalized spacial score (nSPS) is 14.0. The minimum absolute atomic E-state index is 0.204. The van der Waals surface area contributed by atoms with Gasteiger partial charge in [0.05, 0.1) is 18.3 Å². The Morgan fingerprint density at radius 3 is 2.68 bits per heavy atom. The molecule has 6 nitrogen and oxygen atoms in total. The number of ketones is 1. The van der Waals surface area contributed by atoms with Crippen LogP contribution in [0.15, 0.2) is 48.2 Å². The number of benzene rings is 2. The van der Waals surface area contributed by atoms with Gasteiger partial charge in [0.2, 0.25) is 5.78 Å². The summed E-state index contributed by atoms with van der Waals surface area (Å²) in [7, 11) is 0. The van der Waals surface area contributed by atoms with Crippen molar-refractivity contribution in [3.05, 3.63) is 59.4 Å². The molecule has 0 unspecified atom stereocenters. The van der Waals surface area contributed by atoms with Crippen LogP contribution in [-0.4, -0.2) is 31.1 Å². The van der Waals surface area contributed by atoms with Crippen LogP contribution >= 0.6 is 0 Å². The third-order valence-electron chi connectivity index (χ3n) is 3.87. The van der Waals surface area contributed by atoms with E-state index in [1.54, 1.807) is 38.1 Å². The first-order valence-electron chi connectivity index (χ1n) is 9.10. The summed E-state index contributed by atoms with van der Waals surface area (Å²) in [5.74, 6) is 1.02. The van der Waals surface area contributed by atoms with Gasteiger partial charge in [-0.05, 0) is 45.0 Å². The van der Waals surface area contributed by atoms with Gasteiger partial charge in [-0.2, -0.15) is 0 Å².